The molecule has 13 heteroatoms. The summed E-state index contributed by atoms with van der Waals surface area (Å²) in [4.78, 5) is 55.2. The first kappa shape index (κ1) is 34.3. The predicted octanol–water partition coefficient (Wildman–Crippen LogP) is -0.676. The SMILES string of the molecule is CCC(C)C(NC(=O)C(N)CCCCN)C(=O)NC(Cc1ccccc1)C(=O)NC(CCCN=C(N)N)C(=O)O. The smallest absolute Gasteiger partial charge is 0.326 e. The van der Waals surface area contributed by atoms with Gasteiger partial charge in [-0.2, -0.15) is 0 Å². The molecule has 0 aliphatic rings. The number of benzene rings is 1. The minimum absolute atomic E-state index is 0.0808. The molecule has 0 bridgehead atoms. The quantitative estimate of drug-likeness (QED) is 0.0604. The third kappa shape index (κ3) is 12.9. The van der Waals surface area contributed by atoms with Crippen molar-refractivity contribution >= 4 is 29.7 Å². The number of guanidine groups is 1. The van der Waals surface area contributed by atoms with Gasteiger partial charge < -0.3 is 44.0 Å². The van der Waals surface area contributed by atoms with Crippen LogP contribution in [-0.4, -0.2) is 72.0 Å². The van der Waals surface area contributed by atoms with Crippen molar-refractivity contribution in [3.05, 3.63) is 35.9 Å². The number of carboxylic acid groups (broad SMARTS) is 1. The first-order chi connectivity index (χ1) is 19.0. The second-order valence-corrected chi connectivity index (χ2v) is 9.86. The Balaban J connectivity index is 3.07. The van der Waals surface area contributed by atoms with E-state index in [1.807, 2.05) is 19.9 Å². The molecule has 1 aromatic rings. The van der Waals surface area contributed by atoms with Crippen LogP contribution in [0.25, 0.3) is 0 Å². The Kier molecular flexibility index (Phi) is 15.9. The zero-order valence-corrected chi connectivity index (χ0v) is 23.5. The summed E-state index contributed by atoms with van der Waals surface area (Å²) in [5.41, 5.74) is 22.9. The summed E-state index contributed by atoms with van der Waals surface area (Å²) < 4.78 is 0. The van der Waals surface area contributed by atoms with Gasteiger partial charge in [0.2, 0.25) is 17.7 Å². The van der Waals surface area contributed by atoms with Gasteiger partial charge in [-0.1, -0.05) is 57.0 Å². The van der Waals surface area contributed by atoms with Crippen LogP contribution in [0.4, 0.5) is 0 Å². The summed E-state index contributed by atoms with van der Waals surface area (Å²) in [5.74, 6) is -3.29. The highest BCUT2D eigenvalue weighted by molar-refractivity contribution is 5.94. The van der Waals surface area contributed by atoms with Crippen LogP contribution in [0.15, 0.2) is 35.3 Å². The lowest BCUT2D eigenvalue weighted by molar-refractivity contribution is -0.142. The molecule has 0 spiro atoms. The molecule has 13 nitrogen and oxygen atoms in total. The van der Waals surface area contributed by atoms with E-state index in [9.17, 15) is 24.3 Å². The van der Waals surface area contributed by atoms with Crippen LogP contribution in [0.1, 0.15) is 57.9 Å². The molecule has 1 rings (SSSR count). The van der Waals surface area contributed by atoms with E-state index in [1.165, 1.54) is 0 Å². The largest absolute Gasteiger partial charge is 0.480 e. The number of nitrogens with two attached hydrogens (primary N) is 4. The van der Waals surface area contributed by atoms with Crippen molar-refractivity contribution < 1.29 is 24.3 Å². The molecule has 5 unspecified atom stereocenters. The van der Waals surface area contributed by atoms with Gasteiger partial charge in [0, 0.05) is 13.0 Å². The maximum atomic E-state index is 13.4. The minimum Gasteiger partial charge on any atom is -0.480 e. The zero-order valence-electron chi connectivity index (χ0n) is 23.5. The van der Waals surface area contributed by atoms with Crippen molar-refractivity contribution in [1.29, 1.82) is 0 Å². The number of carbonyl (C=O) groups is 4. The molecule has 0 saturated carbocycles. The molecule has 12 N–H and O–H groups in total. The number of amides is 3. The molecule has 0 radical (unpaired) electrons. The van der Waals surface area contributed by atoms with Gasteiger partial charge in [0.25, 0.3) is 0 Å². The van der Waals surface area contributed by atoms with Crippen LogP contribution >= 0.6 is 0 Å². The van der Waals surface area contributed by atoms with Crippen molar-refractivity contribution in [1.82, 2.24) is 16.0 Å². The Bertz CT molecular complexity index is 971. The summed E-state index contributed by atoms with van der Waals surface area (Å²) in [7, 11) is 0. The number of nitrogens with one attached hydrogen (secondary N) is 3. The fourth-order valence-corrected chi connectivity index (χ4v) is 3.96. The summed E-state index contributed by atoms with van der Waals surface area (Å²) in [6, 6.07) is 4.94. The van der Waals surface area contributed by atoms with Gasteiger partial charge in [0.1, 0.15) is 18.1 Å². The van der Waals surface area contributed by atoms with Crippen LogP contribution in [0.3, 0.4) is 0 Å². The highest BCUT2D eigenvalue weighted by Crippen LogP contribution is 2.11. The zero-order chi connectivity index (χ0) is 30.1. The maximum absolute atomic E-state index is 13.4. The standard InChI is InChI=1S/C27H46N8O5/c1-3-17(2)22(35-23(36)19(29)12-7-8-14-28)25(38)34-21(16-18-10-5-4-6-11-18)24(37)33-20(26(39)40)13-9-15-32-27(30)31/h4-6,10-11,17,19-22H,3,7-9,12-16,28-29H2,1-2H3,(H,33,37)(H,34,38)(H,35,36)(H,39,40)(H4,30,31,32). The van der Waals surface area contributed by atoms with E-state index in [2.05, 4.69) is 20.9 Å². The van der Waals surface area contributed by atoms with Gasteiger partial charge in [0.15, 0.2) is 5.96 Å². The molecule has 0 saturated heterocycles. The second kappa shape index (κ2) is 18.6. The molecule has 0 aromatic heterocycles. The summed E-state index contributed by atoms with van der Waals surface area (Å²) >= 11 is 0. The topological polar surface area (TPSA) is 241 Å². The van der Waals surface area contributed by atoms with E-state index in [0.717, 1.165) is 12.0 Å². The van der Waals surface area contributed by atoms with Crippen LogP contribution < -0.4 is 38.9 Å². The van der Waals surface area contributed by atoms with E-state index in [1.54, 1.807) is 24.3 Å². The van der Waals surface area contributed by atoms with Crippen LogP contribution in [0.5, 0.6) is 0 Å². The molecule has 1 aromatic carbocycles. The van der Waals surface area contributed by atoms with E-state index >= 15 is 0 Å². The predicted molar refractivity (Wildman–Crippen MR) is 154 cm³/mol. The van der Waals surface area contributed by atoms with E-state index in [4.69, 9.17) is 22.9 Å². The first-order valence-electron chi connectivity index (χ1n) is 13.7. The lowest BCUT2D eigenvalue weighted by atomic mass is 9.96. The molecule has 0 aliphatic carbocycles. The molecular formula is C27H46N8O5. The molecule has 0 aliphatic heterocycles. The van der Waals surface area contributed by atoms with Crippen molar-refractivity contribution in [2.75, 3.05) is 13.1 Å². The lowest BCUT2D eigenvalue weighted by Crippen LogP contribution is -2.59. The second-order valence-electron chi connectivity index (χ2n) is 9.86. The average Bonchev–Trinajstić information content (AvgIpc) is 2.92. The highest BCUT2D eigenvalue weighted by atomic mass is 16.4. The third-order valence-corrected chi connectivity index (χ3v) is 6.57. The fraction of sp³-hybridized carbons (Fsp3) is 0.593. The molecule has 0 heterocycles. The van der Waals surface area contributed by atoms with Crippen LogP contribution in [-0.2, 0) is 25.6 Å². The molecule has 40 heavy (non-hydrogen) atoms. The van der Waals surface area contributed by atoms with Crippen molar-refractivity contribution in [3.63, 3.8) is 0 Å². The maximum Gasteiger partial charge on any atom is 0.326 e. The Hall–Kier alpha value is -3.71. The Morgan fingerprint density at radius 1 is 0.900 bits per heavy atom. The Morgan fingerprint density at radius 2 is 1.55 bits per heavy atom. The molecule has 5 atom stereocenters. The number of unbranched alkanes of at least 4 members (excludes halogenated alkanes) is 1. The van der Waals surface area contributed by atoms with E-state index < -0.39 is 47.9 Å². The number of hydrogen-bond acceptors (Lipinski definition) is 7. The van der Waals surface area contributed by atoms with E-state index in [0.29, 0.717) is 32.2 Å². The van der Waals surface area contributed by atoms with E-state index in [-0.39, 0.29) is 31.3 Å². The number of carboxylic acids is 1. The number of carbonyl (C=O) groups excluding carboxylic acids is 3. The van der Waals surface area contributed by atoms with Crippen LogP contribution in [0, 0.1) is 5.92 Å². The Labute approximate surface area is 235 Å². The molecular weight excluding hydrogens is 516 g/mol. The number of nitrogens with zero attached hydrogens (tertiary/aromatic N) is 1. The number of aliphatic imine (C=N–C) groups is 1. The van der Waals surface area contributed by atoms with Gasteiger partial charge in [-0.3, -0.25) is 19.4 Å². The lowest BCUT2D eigenvalue weighted by Gasteiger charge is -2.28. The monoisotopic (exact) mass is 562 g/mol. The number of aliphatic carboxylic acids is 1. The van der Waals surface area contributed by atoms with Gasteiger partial charge in [0.05, 0.1) is 6.04 Å². The van der Waals surface area contributed by atoms with Gasteiger partial charge in [-0.25, -0.2) is 4.79 Å². The molecule has 0 fully saturated rings. The van der Waals surface area contributed by atoms with Gasteiger partial charge in [-0.15, -0.1) is 0 Å². The first-order valence-corrected chi connectivity index (χ1v) is 13.7. The number of hydrogen-bond donors (Lipinski definition) is 8. The normalized spacial score (nSPS) is 14.6. The summed E-state index contributed by atoms with van der Waals surface area (Å²) in [5, 5.41) is 17.6. The summed E-state index contributed by atoms with van der Waals surface area (Å²) in [6.07, 6.45) is 2.93. The third-order valence-electron chi connectivity index (χ3n) is 6.57. The van der Waals surface area contributed by atoms with Crippen molar-refractivity contribution in [2.45, 2.75) is 83.0 Å². The van der Waals surface area contributed by atoms with Crippen molar-refractivity contribution in [2.24, 2.45) is 33.8 Å². The minimum atomic E-state index is -1.23. The number of rotatable bonds is 19. The van der Waals surface area contributed by atoms with Gasteiger partial charge >= 0.3 is 5.97 Å². The average molecular weight is 563 g/mol. The van der Waals surface area contributed by atoms with Gasteiger partial charge in [-0.05, 0) is 43.7 Å². The molecule has 224 valence electrons. The van der Waals surface area contributed by atoms with Crippen molar-refractivity contribution in [3.8, 4) is 0 Å². The Morgan fingerprint density at radius 3 is 2.12 bits per heavy atom. The fourth-order valence-electron chi connectivity index (χ4n) is 3.96. The summed E-state index contributed by atoms with van der Waals surface area (Å²) in [6.45, 7) is 4.40. The van der Waals surface area contributed by atoms with Crippen LogP contribution in [0.2, 0.25) is 0 Å². The highest BCUT2D eigenvalue weighted by Gasteiger charge is 2.32. The molecule has 3 amide bonds.